The zero-order valence-corrected chi connectivity index (χ0v) is 11.7. The van der Waals surface area contributed by atoms with Gasteiger partial charge in [-0.1, -0.05) is 48.5 Å². The Labute approximate surface area is 119 Å². The van der Waals surface area contributed by atoms with Gasteiger partial charge in [-0.2, -0.15) is 0 Å². The molecule has 0 bridgehead atoms. The van der Waals surface area contributed by atoms with Crippen LogP contribution in [0.4, 0.5) is 4.39 Å². The van der Waals surface area contributed by atoms with Crippen molar-refractivity contribution in [2.45, 2.75) is 19.0 Å². The monoisotopic (exact) mass is 273 g/mol. The minimum atomic E-state index is -0.185. The topological polar surface area (TPSA) is 23.5 Å². The molecule has 2 rings (SSSR count). The highest BCUT2D eigenvalue weighted by Crippen LogP contribution is 2.24. The van der Waals surface area contributed by atoms with Gasteiger partial charge in [0, 0.05) is 24.8 Å². The van der Waals surface area contributed by atoms with Gasteiger partial charge in [0.1, 0.15) is 5.82 Å². The van der Waals surface area contributed by atoms with E-state index < -0.39 is 0 Å². The van der Waals surface area contributed by atoms with Crippen molar-refractivity contribution in [3.05, 3.63) is 71.5 Å². The van der Waals surface area contributed by atoms with E-state index in [1.807, 2.05) is 43.4 Å². The van der Waals surface area contributed by atoms with Crippen LogP contribution in [0.3, 0.4) is 0 Å². The molecule has 0 amide bonds. The lowest BCUT2D eigenvalue weighted by atomic mass is 10.0. The molecule has 0 radical (unpaired) electrons. The van der Waals surface area contributed by atoms with Crippen molar-refractivity contribution in [3.63, 3.8) is 0 Å². The van der Waals surface area contributed by atoms with Crippen LogP contribution >= 0.6 is 0 Å². The first-order valence-corrected chi connectivity index (χ1v) is 6.82. The average molecular weight is 273 g/mol. The lowest BCUT2D eigenvalue weighted by molar-refractivity contribution is 0.178. The number of hydrogen-bond donors (Lipinski definition) is 1. The maximum absolute atomic E-state index is 13.7. The Kier molecular flexibility index (Phi) is 5.27. The van der Waals surface area contributed by atoms with Gasteiger partial charge < -0.3 is 5.11 Å². The summed E-state index contributed by atoms with van der Waals surface area (Å²) in [5.74, 6) is -0.185. The van der Waals surface area contributed by atoms with Gasteiger partial charge in [-0.15, -0.1) is 0 Å². The molecule has 0 fully saturated rings. The summed E-state index contributed by atoms with van der Waals surface area (Å²) in [6, 6.07) is 16.9. The minimum absolute atomic E-state index is 0.0841. The second-order valence-corrected chi connectivity index (χ2v) is 4.95. The molecule has 1 atom stereocenters. The minimum Gasteiger partial charge on any atom is -0.396 e. The zero-order valence-electron chi connectivity index (χ0n) is 11.7. The van der Waals surface area contributed by atoms with Crippen LogP contribution in [0.5, 0.6) is 0 Å². The molecule has 0 aliphatic rings. The number of nitrogens with zero attached hydrogens (tertiary/aromatic N) is 1. The van der Waals surface area contributed by atoms with Gasteiger partial charge in [0.15, 0.2) is 0 Å². The molecular weight excluding hydrogens is 253 g/mol. The van der Waals surface area contributed by atoms with Crippen LogP contribution in [0.25, 0.3) is 0 Å². The van der Waals surface area contributed by atoms with E-state index >= 15 is 0 Å². The molecule has 106 valence electrons. The van der Waals surface area contributed by atoms with Gasteiger partial charge in [-0.3, -0.25) is 4.90 Å². The summed E-state index contributed by atoms with van der Waals surface area (Å²) in [4.78, 5) is 2.07. The Morgan fingerprint density at radius 3 is 2.35 bits per heavy atom. The van der Waals surface area contributed by atoms with Gasteiger partial charge >= 0.3 is 0 Å². The average Bonchev–Trinajstić information content (AvgIpc) is 2.48. The summed E-state index contributed by atoms with van der Waals surface area (Å²) >= 11 is 0. The van der Waals surface area contributed by atoms with Crippen molar-refractivity contribution in [1.29, 1.82) is 0 Å². The molecule has 0 spiro atoms. The second kappa shape index (κ2) is 7.17. The van der Waals surface area contributed by atoms with E-state index in [-0.39, 0.29) is 18.5 Å². The molecule has 0 aromatic heterocycles. The number of benzene rings is 2. The Balaban J connectivity index is 2.16. The van der Waals surface area contributed by atoms with Crippen LogP contribution in [0.15, 0.2) is 54.6 Å². The van der Waals surface area contributed by atoms with Crippen LogP contribution in [0.1, 0.15) is 23.6 Å². The molecule has 2 aromatic rings. The van der Waals surface area contributed by atoms with E-state index in [4.69, 9.17) is 0 Å². The largest absolute Gasteiger partial charge is 0.396 e. The molecular formula is C17H20FNO. The number of aliphatic hydroxyl groups excluding tert-OH is 1. The summed E-state index contributed by atoms with van der Waals surface area (Å²) in [5, 5.41) is 9.27. The molecule has 3 heteroatoms. The molecule has 0 saturated carbocycles. The molecule has 20 heavy (non-hydrogen) atoms. The molecule has 0 aliphatic heterocycles. The Morgan fingerprint density at radius 2 is 1.70 bits per heavy atom. The van der Waals surface area contributed by atoms with Gasteiger partial charge in [-0.25, -0.2) is 4.39 Å². The SMILES string of the molecule is CN(Cc1ccccc1F)C(CCO)c1ccccc1. The first-order valence-electron chi connectivity index (χ1n) is 6.82. The third-order valence-electron chi connectivity index (χ3n) is 3.50. The molecule has 0 aliphatic carbocycles. The van der Waals surface area contributed by atoms with E-state index in [0.29, 0.717) is 18.5 Å². The third kappa shape index (κ3) is 3.65. The maximum atomic E-state index is 13.7. The Bertz CT molecular complexity index is 530. The third-order valence-corrected chi connectivity index (χ3v) is 3.50. The van der Waals surface area contributed by atoms with Crippen LogP contribution < -0.4 is 0 Å². The molecule has 0 heterocycles. The van der Waals surface area contributed by atoms with E-state index in [2.05, 4.69) is 4.90 Å². The lowest BCUT2D eigenvalue weighted by Crippen LogP contribution is -2.25. The first-order chi connectivity index (χ1) is 9.72. The molecule has 1 unspecified atom stereocenters. The number of hydrogen-bond acceptors (Lipinski definition) is 2. The molecule has 0 saturated heterocycles. The Hall–Kier alpha value is -1.71. The van der Waals surface area contributed by atoms with Gasteiger partial charge in [0.2, 0.25) is 0 Å². The number of rotatable bonds is 6. The quantitative estimate of drug-likeness (QED) is 0.872. The normalized spacial score (nSPS) is 12.6. The number of halogens is 1. The summed E-state index contributed by atoms with van der Waals surface area (Å²) in [5.41, 5.74) is 1.81. The fourth-order valence-electron chi connectivity index (χ4n) is 2.44. The summed E-state index contributed by atoms with van der Waals surface area (Å²) in [7, 11) is 1.96. The predicted octanol–water partition coefficient (Wildman–Crippen LogP) is 3.38. The fourth-order valence-corrected chi connectivity index (χ4v) is 2.44. The molecule has 2 aromatic carbocycles. The van der Waals surface area contributed by atoms with Crippen molar-refractivity contribution in [2.24, 2.45) is 0 Å². The zero-order chi connectivity index (χ0) is 14.4. The highest BCUT2D eigenvalue weighted by molar-refractivity contribution is 5.21. The smallest absolute Gasteiger partial charge is 0.127 e. The lowest BCUT2D eigenvalue weighted by Gasteiger charge is -2.28. The highest BCUT2D eigenvalue weighted by atomic mass is 19.1. The van der Waals surface area contributed by atoms with Crippen molar-refractivity contribution in [1.82, 2.24) is 4.90 Å². The van der Waals surface area contributed by atoms with E-state index in [9.17, 15) is 9.50 Å². The summed E-state index contributed by atoms with van der Waals surface area (Å²) < 4.78 is 13.7. The van der Waals surface area contributed by atoms with E-state index in [1.165, 1.54) is 6.07 Å². The highest BCUT2D eigenvalue weighted by Gasteiger charge is 2.17. The van der Waals surface area contributed by atoms with Crippen LogP contribution in [0.2, 0.25) is 0 Å². The first kappa shape index (κ1) is 14.7. The van der Waals surface area contributed by atoms with Gasteiger partial charge in [0.05, 0.1) is 0 Å². The Morgan fingerprint density at radius 1 is 1.05 bits per heavy atom. The van der Waals surface area contributed by atoms with Crippen LogP contribution in [-0.2, 0) is 6.54 Å². The van der Waals surface area contributed by atoms with Gasteiger partial charge in [-0.05, 0) is 25.1 Å². The predicted molar refractivity (Wildman–Crippen MR) is 78.8 cm³/mol. The van der Waals surface area contributed by atoms with E-state index in [0.717, 1.165) is 5.56 Å². The second-order valence-electron chi connectivity index (χ2n) is 4.95. The standard InChI is InChI=1S/C17H20FNO/c1-19(13-15-9-5-6-10-16(15)18)17(11-12-20)14-7-3-2-4-8-14/h2-10,17,20H,11-13H2,1H3. The van der Waals surface area contributed by atoms with Crippen LogP contribution in [-0.4, -0.2) is 23.7 Å². The van der Waals surface area contributed by atoms with Crippen LogP contribution in [0, 0.1) is 5.82 Å². The van der Waals surface area contributed by atoms with E-state index in [1.54, 1.807) is 12.1 Å². The summed E-state index contributed by atoms with van der Waals surface area (Å²) in [6.07, 6.45) is 0.634. The number of aliphatic hydroxyl groups is 1. The fraction of sp³-hybridized carbons (Fsp3) is 0.294. The van der Waals surface area contributed by atoms with Crippen molar-refractivity contribution >= 4 is 0 Å². The van der Waals surface area contributed by atoms with Crippen molar-refractivity contribution in [2.75, 3.05) is 13.7 Å². The van der Waals surface area contributed by atoms with Gasteiger partial charge in [0.25, 0.3) is 0 Å². The van der Waals surface area contributed by atoms with Crippen molar-refractivity contribution < 1.29 is 9.50 Å². The van der Waals surface area contributed by atoms with Crippen molar-refractivity contribution in [3.8, 4) is 0 Å². The molecule has 1 N–H and O–H groups in total. The molecule has 2 nitrogen and oxygen atoms in total. The summed E-state index contributed by atoms with van der Waals surface area (Å²) in [6.45, 7) is 0.632. The maximum Gasteiger partial charge on any atom is 0.127 e.